The highest BCUT2D eigenvalue weighted by atomic mass is 79.9. The van der Waals surface area contributed by atoms with Crippen molar-refractivity contribution >= 4 is 15.9 Å². The zero-order valence-electron chi connectivity index (χ0n) is 6.15. The van der Waals surface area contributed by atoms with Gasteiger partial charge in [0.2, 0.25) is 0 Å². The number of aryl methyl sites for hydroxylation is 1. The first-order chi connectivity index (χ1) is 5.52. The molecule has 0 aliphatic rings. The zero-order chi connectivity index (χ0) is 9.30. The maximum absolute atomic E-state index is 10.9. The lowest BCUT2D eigenvalue weighted by molar-refractivity contribution is -0.545. The summed E-state index contributed by atoms with van der Waals surface area (Å²) in [5.41, 5.74) is 0.0406. The molecule has 1 rings (SSSR count). The van der Waals surface area contributed by atoms with Gasteiger partial charge in [-0.05, 0) is 33.1 Å². The molecule has 6 heteroatoms. The summed E-state index contributed by atoms with van der Waals surface area (Å²) < 4.78 is 0.968. The summed E-state index contributed by atoms with van der Waals surface area (Å²) in [7, 11) is 0. The van der Waals surface area contributed by atoms with E-state index in [1.165, 1.54) is 6.07 Å². The van der Waals surface area contributed by atoms with E-state index in [9.17, 15) is 14.9 Å². The van der Waals surface area contributed by atoms with Crippen LogP contribution in [0.2, 0.25) is 0 Å². The number of nitrogens with zero attached hydrogens (tertiary/aromatic N) is 2. The Balaban J connectivity index is 3.43. The lowest BCUT2D eigenvalue weighted by atomic mass is 10.3. The minimum absolute atomic E-state index is 0.428. The highest BCUT2D eigenvalue weighted by Gasteiger charge is 2.07. The van der Waals surface area contributed by atoms with E-state index in [0.717, 1.165) is 6.20 Å². The highest BCUT2D eigenvalue weighted by molar-refractivity contribution is 9.10. The molecule has 1 aromatic rings. The van der Waals surface area contributed by atoms with Crippen molar-refractivity contribution in [1.82, 2.24) is 4.68 Å². The van der Waals surface area contributed by atoms with Crippen LogP contribution >= 0.6 is 15.9 Å². The summed E-state index contributed by atoms with van der Waals surface area (Å²) in [4.78, 5) is 21.2. The third kappa shape index (κ3) is 1.53. The molecule has 5 nitrogen and oxygen atoms in total. The molecule has 0 amide bonds. The van der Waals surface area contributed by atoms with Crippen LogP contribution in [0.3, 0.4) is 0 Å². The topological polar surface area (TPSA) is 65.1 Å². The number of pyridine rings is 1. The molecule has 0 fully saturated rings. The summed E-state index contributed by atoms with van der Waals surface area (Å²) in [6, 6.07) is 1.20. The Labute approximate surface area is 75.9 Å². The number of aromatic nitrogens is 1. The van der Waals surface area contributed by atoms with Crippen molar-refractivity contribution in [2.24, 2.45) is 0 Å². The van der Waals surface area contributed by atoms with Crippen molar-refractivity contribution in [2.45, 2.75) is 6.92 Å². The molecule has 1 heterocycles. The smallest absolute Gasteiger partial charge is 0.263 e. The van der Waals surface area contributed by atoms with Gasteiger partial charge in [0.1, 0.15) is 0 Å². The van der Waals surface area contributed by atoms with Crippen LogP contribution in [0, 0.1) is 17.0 Å². The van der Waals surface area contributed by atoms with Gasteiger partial charge in [-0.3, -0.25) is 4.79 Å². The quantitative estimate of drug-likeness (QED) is 0.535. The molecule has 12 heavy (non-hydrogen) atoms. The number of rotatable bonds is 1. The SMILES string of the molecule is Cc1cc(=O)n([N+](=O)[O-])cc1Br. The minimum Gasteiger partial charge on any atom is -0.263 e. The lowest BCUT2D eigenvalue weighted by Gasteiger charge is -1.97. The Kier molecular flexibility index (Phi) is 2.27. The fourth-order valence-corrected chi connectivity index (χ4v) is 1.03. The van der Waals surface area contributed by atoms with Crippen molar-refractivity contribution in [1.29, 1.82) is 0 Å². The average molecular weight is 233 g/mol. The van der Waals surface area contributed by atoms with Gasteiger partial charge in [0.05, 0.1) is 6.20 Å². The van der Waals surface area contributed by atoms with Crippen molar-refractivity contribution < 1.29 is 5.03 Å². The van der Waals surface area contributed by atoms with E-state index in [4.69, 9.17) is 0 Å². The summed E-state index contributed by atoms with van der Waals surface area (Å²) >= 11 is 3.08. The number of nitro groups is 1. The minimum atomic E-state index is -0.771. The molecule has 0 bridgehead atoms. The van der Waals surface area contributed by atoms with E-state index in [1.807, 2.05) is 0 Å². The molecular weight excluding hydrogens is 228 g/mol. The van der Waals surface area contributed by atoms with E-state index >= 15 is 0 Å². The predicted molar refractivity (Wildman–Crippen MR) is 45.5 cm³/mol. The number of halogens is 1. The average Bonchev–Trinajstić information content (AvgIpc) is 1.96. The van der Waals surface area contributed by atoms with E-state index in [2.05, 4.69) is 15.9 Å². The molecule has 1 aromatic heterocycles. The van der Waals surface area contributed by atoms with E-state index < -0.39 is 10.6 Å². The van der Waals surface area contributed by atoms with Crippen LogP contribution in [0.1, 0.15) is 5.56 Å². The van der Waals surface area contributed by atoms with Gasteiger partial charge in [-0.25, -0.2) is 10.1 Å². The van der Waals surface area contributed by atoms with Gasteiger partial charge in [-0.15, -0.1) is 0 Å². The molecule has 0 atom stereocenters. The maximum Gasteiger partial charge on any atom is 0.312 e. The second-order valence-electron chi connectivity index (χ2n) is 2.23. The maximum atomic E-state index is 10.9. The Morgan fingerprint density at radius 1 is 1.67 bits per heavy atom. The van der Waals surface area contributed by atoms with Gasteiger partial charge in [-0.2, -0.15) is 0 Å². The monoisotopic (exact) mass is 232 g/mol. The third-order valence-corrected chi connectivity index (χ3v) is 2.18. The zero-order valence-corrected chi connectivity index (χ0v) is 7.74. The van der Waals surface area contributed by atoms with Crippen LogP contribution < -0.4 is 5.56 Å². The van der Waals surface area contributed by atoms with Crippen LogP contribution in [0.15, 0.2) is 21.5 Å². The van der Waals surface area contributed by atoms with Crippen LogP contribution in [0.4, 0.5) is 0 Å². The van der Waals surface area contributed by atoms with Crippen molar-refractivity contribution in [2.75, 3.05) is 0 Å². The largest absolute Gasteiger partial charge is 0.312 e. The van der Waals surface area contributed by atoms with Gasteiger partial charge in [0, 0.05) is 10.5 Å². The van der Waals surface area contributed by atoms with Crippen LogP contribution in [-0.4, -0.2) is 9.71 Å². The second kappa shape index (κ2) is 3.06. The Hall–Kier alpha value is -1.17. The van der Waals surface area contributed by atoms with Crippen LogP contribution in [-0.2, 0) is 0 Å². The van der Waals surface area contributed by atoms with Gasteiger partial charge in [0.15, 0.2) is 5.03 Å². The normalized spacial score (nSPS) is 9.83. The molecule has 0 aliphatic heterocycles. The molecule has 0 aromatic carbocycles. The second-order valence-corrected chi connectivity index (χ2v) is 3.08. The fraction of sp³-hybridized carbons (Fsp3) is 0.167. The molecular formula is C6H5BrN2O3. The number of hydrogen-bond donors (Lipinski definition) is 0. The van der Waals surface area contributed by atoms with Gasteiger partial charge in [-0.1, -0.05) is 0 Å². The summed E-state index contributed by atoms with van der Waals surface area (Å²) in [5.74, 6) is 0. The van der Waals surface area contributed by atoms with Crippen molar-refractivity contribution in [3.05, 3.63) is 42.8 Å². The Bertz CT molecular complexity index is 385. The van der Waals surface area contributed by atoms with Crippen molar-refractivity contribution in [3.63, 3.8) is 0 Å². The van der Waals surface area contributed by atoms with Gasteiger partial charge < -0.3 is 0 Å². The first-order valence-electron chi connectivity index (χ1n) is 3.06. The van der Waals surface area contributed by atoms with Crippen LogP contribution in [0.5, 0.6) is 0 Å². The molecule has 0 N–H and O–H groups in total. The van der Waals surface area contributed by atoms with Gasteiger partial charge >= 0.3 is 5.56 Å². The fourth-order valence-electron chi connectivity index (χ4n) is 0.721. The standard InChI is InChI=1S/C6H5BrN2O3/c1-4-2-6(10)8(9(11)12)3-5(4)7/h2-3H,1H3. The molecule has 0 saturated heterocycles. The highest BCUT2D eigenvalue weighted by Crippen LogP contribution is 2.11. The molecule has 0 unspecified atom stereocenters. The number of hydrogen-bond acceptors (Lipinski definition) is 3. The summed E-state index contributed by atoms with van der Waals surface area (Å²) in [6.45, 7) is 1.69. The van der Waals surface area contributed by atoms with E-state index in [0.29, 0.717) is 14.7 Å². The summed E-state index contributed by atoms with van der Waals surface area (Å²) in [6.07, 6.45) is 1.14. The molecule has 0 spiro atoms. The Morgan fingerprint density at radius 2 is 2.25 bits per heavy atom. The van der Waals surface area contributed by atoms with Crippen LogP contribution in [0.25, 0.3) is 0 Å². The lowest BCUT2D eigenvalue weighted by Crippen LogP contribution is -2.25. The van der Waals surface area contributed by atoms with E-state index in [-0.39, 0.29) is 0 Å². The predicted octanol–water partition coefficient (Wildman–Crippen LogP) is 0.959. The molecule has 0 saturated carbocycles. The Morgan fingerprint density at radius 3 is 2.75 bits per heavy atom. The van der Waals surface area contributed by atoms with Gasteiger partial charge in [0.25, 0.3) is 0 Å². The molecule has 0 aliphatic carbocycles. The first-order valence-corrected chi connectivity index (χ1v) is 3.85. The first kappa shape index (κ1) is 8.92. The third-order valence-electron chi connectivity index (χ3n) is 1.35. The molecule has 0 radical (unpaired) electrons. The van der Waals surface area contributed by atoms with E-state index in [1.54, 1.807) is 6.92 Å². The summed E-state index contributed by atoms with van der Waals surface area (Å²) in [5, 5.41) is 9.46. The van der Waals surface area contributed by atoms with Crippen molar-refractivity contribution in [3.8, 4) is 0 Å². The molecule has 64 valence electrons.